The second kappa shape index (κ2) is 8.57. The maximum absolute atomic E-state index is 13.3. The van der Waals surface area contributed by atoms with Crippen molar-refractivity contribution in [2.45, 2.75) is 25.1 Å². The van der Waals surface area contributed by atoms with E-state index in [1.165, 1.54) is 55.6 Å². The van der Waals surface area contributed by atoms with Gasteiger partial charge in [-0.3, -0.25) is 4.79 Å². The first-order valence-electron chi connectivity index (χ1n) is 8.03. The van der Waals surface area contributed by atoms with Crippen molar-refractivity contribution in [2.24, 2.45) is 0 Å². The first-order valence-corrected chi connectivity index (χ1v) is 8.03. The van der Waals surface area contributed by atoms with Crippen molar-refractivity contribution in [2.75, 3.05) is 7.11 Å². The fourth-order valence-electron chi connectivity index (χ4n) is 2.46. The lowest BCUT2D eigenvalue weighted by atomic mass is 10.0. The molecule has 0 aliphatic carbocycles. The van der Waals surface area contributed by atoms with E-state index in [4.69, 9.17) is 9.84 Å². The molecule has 0 aliphatic rings. The predicted molar refractivity (Wildman–Crippen MR) is 91.7 cm³/mol. The van der Waals surface area contributed by atoms with E-state index in [2.05, 4.69) is 0 Å². The second-order valence-corrected chi connectivity index (χ2v) is 5.82. The third kappa shape index (κ3) is 5.73. The number of alkyl halides is 3. The second-order valence-electron chi connectivity index (χ2n) is 5.82. The Bertz CT molecular complexity index is 786. The molecule has 27 heavy (non-hydrogen) atoms. The first-order chi connectivity index (χ1) is 12.7. The summed E-state index contributed by atoms with van der Waals surface area (Å²) in [5.74, 6) is -1.42. The Morgan fingerprint density at radius 2 is 1.67 bits per heavy atom. The van der Waals surface area contributed by atoms with E-state index in [1.54, 1.807) is 0 Å². The molecule has 0 aliphatic heterocycles. The van der Waals surface area contributed by atoms with Crippen LogP contribution in [0, 0.1) is 0 Å². The Morgan fingerprint density at radius 3 is 2.15 bits per heavy atom. The van der Waals surface area contributed by atoms with E-state index in [1.807, 2.05) is 5.32 Å². The number of carboxylic acids is 1. The molecule has 2 rings (SSSR count). The molecule has 0 aromatic heterocycles. The van der Waals surface area contributed by atoms with Gasteiger partial charge in [-0.25, -0.2) is 4.79 Å². The van der Waals surface area contributed by atoms with Gasteiger partial charge in [-0.15, -0.1) is 0 Å². The fourth-order valence-corrected chi connectivity index (χ4v) is 2.46. The lowest BCUT2D eigenvalue weighted by Crippen LogP contribution is -2.38. The maximum atomic E-state index is 13.3. The number of hydrogen-bond donors (Lipinski definition) is 2. The van der Waals surface area contributed by atoms with E-state index in [9.17, 15) is 22.8 Å². The summed E-state index contributed by atoms with van der Waals surface area (Å²) in [6.45, 7) is 0. The smallest absolute Gasteiger partial charge is 0.412 e. The molecular weight excluding hydrogens is 363 g/mol. The van der Waals surface area contributed by atoms with Crippen molar-refractivity contribution < 1.29 is 32.6 Å². The molecule has 1 unspecified atom stereocenters. The van der Waals surface area contributed by atoms with Crippen LogP contribution in [0.25, 0.3) is 0 Å². The maximum Gasteiger partial charge on any atom is 0.412 e. The van der Waals surface area contributed by atoms with E-state index in [-0.39, 0.29) is 24.0 Å². The van der Waals surface area contributed by atoms with Crippen LogP contribution in [0.4, 0.5) is 13.2 Å². The van der Waals surface area contributed by atoms with Gasteiger partial charge < -0.3 is 15.2 Å². The highest BCUT2D eigenvalue weighted by Crippen LogP contribution is 2.33. The molecular formula is C19H18F3NO4. The number of methoxy groups -OCH3 is 1. The summed E-state index contributed by atoms with van der Waals surface area (Å²) >= 11 is 0. The fraction of sp³-hybridized carbons (Fsp3) is 0.263. The van der Waals surface area contributed by atoms with Crippen LogP contribution >= 0.6 is 0 Å². The number of aromatic carboxylic acids is 1. The van der Waals surface area contributed by atoms with Gasteiger partial charge in [-0.05, 0) is 41.8 Å². The average Bonchev–Trinajstić information content (AvgIpc) is 2.64. The van der Waals surface area contributed by atoms with Gasteiger partial charge in [0.25, 0.3) is 0 Å². The van der Waals surface area contributed by atoms with Gasteiger partial charge in [0.05, 0.1) is 12.7 Å². The minimum Gasteiger partial charge on any atom is -0.497 e. The Balaban J connectivity index is 2.01. The van der Waals surface area contributed by atoms with Crippen LogP contribution in [-0.2, 0) is 11.2 Å². The van der Waals surface area contributed by atoms with Crippen molar-refractivity contribution in [3.63, 3.8) is 0 Å². The van der Waals surface area contributed by atoms with Crippen LogP contribution in [0.2, 0.25) is 0 Å². The number of carbonyl (C=O) groups excluding carboxylic acids is 1. The molecule has 144 valence electrons. The summed E-state index contributed by atoms with van der Waals surface area (Å²) < 4.78 is 44.9. The number of aryl methyl sites for hydroxylation is 1. The highest BCUT2D eigenvalue weighted by atomic mass is 19.4. The van der Waals surface area contributed by atoms with Gasteiger partial charge in [0.1, 0.15) is 5.75 Å². The Morgan fingerprint density at radius 1 is 1.07 bits per heavy atom. The third-order valence-corrected chi connectivity index (χ3v) is 3.92. The topological polar surface area (TPSA) is 75.6 Å². The van der Waals surface area contributed by atoms with Crippen molar-refractivity contribution in [3.8, 4) is 5.75 Å². The highest BCUT2D eigenvalue weighted by molar-refractivity contribution is 5.87. The van der Waals surface area contributed by atoms with Gasteiger partial charge in [0.15, 0.2) is 6.04 Å². The zero-order valence-electron chi connectivity index (χ0n) is 14.4. The number of carbonyl (C=O) groups is 2. The van der Waals surface area contributed by atoms with Gasteiger partial charge in [-0.2, -0.15) is 13.2 Å². The number of ether oxygens (including phenoxy) is 1. The quantitative estimate of drug-likeness (QED) is 0.766. The summed E-state index contributed by atoms with van der Waals surface area (Å²) in [4.78, 5) is 22.8. The number of carboxylic acid groups (broad SMARTS) is 1. The van der Waals surface area contributed by atoms with Crippen LogP contribution in [0.1, 0.15) is 33.9 Å². The van der Waals surface area contributed by atoms with Crippen molar-refractivity contribution in [3.05, 3.63) is 65.2 Å². The highest BCUT2D eigenvalue weighted by Gasteiger charge is 2.41. The van der Waals surface area contributed by atoms with Crippen LogP contribution in [0.15, 0.2) is 48.5 Å². The van der Waals surface area contributed by atoms with E-state index >= 15 is 0 Å². The Labute approximate surface area is 153 Å². The average molecular weight is 381 g/mol. The number of nitrogens with one attached hydrogen (secondary N) is 1. The summed E-state index contributed by atoms with van der Waals surface area (Å²) in [5, 5.41) is 10.8. The molecule has 0 saturated carbocycles. The van der Waals surface area contributed by atoms with Crippen LogP contribution in [-0.4, -0.2) is 30.3 Å². The number of amides is 1. The molecule has 0 fully saturated rings. The molecule has 0 radical (unpaired) electrons. The van der Waals surface area contributed by atoms with E-state index in [0.717, 1.165) is 0 Å². The van der Waals surface area contributed by atoms with Gasteiger partial charge in [0, 0.05) is 6.42 Å². The van der Waals surface area contributed by atoms with E-state index in [0.29, 0.717) is 11.3 Å². The molecule has 0 heterocycles. The summed E-state index contributed by atoms with van der Waals surface area (Å²) in [7, 11) is 1.40. The summed E-state index contributed by atoms with van der Waals surface area (Å²) in [6, 6.07) is 8.99. The first kappa shape index (κ1) is 20.3. The lowest BCUT2D eigenvalue weighted by molar-refractivity contribution is -0.163. The lowest BCUT2D eigenvalue weighted by Gasteiger charge is -2.22. The van der Waals surface area contributed by atoms with Crippen LogP contribution in [0.3, 0.4) is 0 Å². The van der Waals surface area contributed by atoms with Gasteiger partial charge >= 0.3 is 12.1 Å². The van der Waals surface area contributed by atoms with Gasteiger partial charge in [0.2, 0.25) is 5.91 Å². The minimum absolute atomic E-state index is 0.0949. The van der Waals surface area contributed by atoms with E-state index < -0.39 is 24.1 Å². The molecule has 5 nitrogen and oxygen atoms in total. The third-order valence-electron chi connectivity index (χ3n) is 3.92. The monoisotopic (exact) mass is 381 g/mol. The molecule has 2 aromatic carbocycles. The molecule has 0 bridgehead atoms. The summed E-state index contributed by atoms with van der Waals surface area (Å²) in [5.41, 5.74) is 0.658. The zero-order valence-corrected chi connectivity index (χ0v) is 14.4. The molecule has 2 aromatic rings. The molecule has 1 amide bonds. The predicted octanol–water partition coefficient (Wildman–Crippen LogP) is 3.75. The Kier molecular flexibility index (Phi) is 6.44. The number of rotatable bonds is 7. The number of hydrogen-bond acceptors (Lipinski definition) is 3. The van der Waals surface area contributed by atoms with Crippen LogP contribution < -0.4 is 10.1 Å². The SMILES string of the molecule is COc1ccc(C(NC(=O)CCc2ccc(C(=O)O)cc2)C(F)(F)F)cc1. The molecule has 1 atom stereocenters. The van der Waals surface area contributed by atoms with Crippen molar-refractivity contribution in [1.82, 2.24) is 5.32 Å². The Hall–Kier alpha value is -3.03. The number of halogens is 3. The summed E-state index contributed by atoms with van der Waals surface area (Å²) in [6.07, 6.45) is -4.61. The standard InChI is InChI=1S/C19H18F3NO4/c1-27-15-9-7-13(8-10-15)17(19(20,21)22)23-16(24)11-4-12-2-5-14(6-3-12)18(25)26/h2-3,5-10,17H,4,11H2,1H3,(H,23,24)(H,25,26). The number of benzene rings is 2. The normalized spacial score (nSPS) is 12.3. The zero-order chi connectivity index (χ0) is 20.0. The van der Waals surface area contributed by atoms with Crippen molar-refractivity contribution >= 4 is 11.9 Å². The largest absolute Gasteiger partial charge is 0.497 e. The molecule has 8 heteroatoms. The molecule has 0 saturated heterocycles. The van der Waals surface area contributed by atoms with Crippen molar-refractivity contribution in [1.29, 1.82) is 0 Å². The van der Waals surface area contributed by atoms with Gasteiger partial charge in [-0.1, -0.05) is 24.3 Å². The van der Waals surface area contributed by atoms with Crippen LogP contribution in [0.5, 0.6) is 5.75 Å². The minimum atomic E-state index is -4.65. The molecule has 0 spiro atoms. The molecule has 2 N–H and O–H groups in total.